The molecule has 0 atom stereocenters. The third-order valence-corrected chi connectivity index (χ3v) is 1.62. The number of phenolic OH excluding ortho intramolecular Hbond substituents is 1. The van der Waals surface area contributed by atoms with E-state index >= 15 is 0 Å². The summed E-state index contributed by atoms with van der Waals surface area (Å²) in [6.45, 7) is 0. The number of aromatic hydroxyl groups is 1. The van der Waals surface area contributed by atoms with Gasteiger partial charge in [0.1, 0.15) is 5.75 Å². The lowest BCUT2D eigenvalue weighted by Gasteiger charge is -1.96. The van der Waals surface area contributed by atoms with Gasteiger partial charge in [-0.1, -0.05) is 6.07 Å². The number of rotatable bonds is 0. The molecule has 2 nitrogen and oxygen atoms in total. The van der Waals surface area contributed by atoms with E-state index in [9.17, 15) is 5.11 Å². The molecule has 0 spiro atoms. The zero-order chi connectivity index (χ0) is 7.68. The number of halogens is 2. The summed E-state index contributed by atoms with van der Waals surface area (Å²) >= 11 is 0. The van der Waals surface area contributed by atoms with Gasteiger partial charge in [-0.25, -0.2) is 0 Å². The SMILES string of the molecule is Cl.Cl.Oc1cccc2ncccc12. The number of phenols is 1. The first-order valence-corrected chi connectivity index (χ1v) is 3.40. The van der Waals surface area contributed by atoms with E-state index in [2.05, 4.69) is 4.98 Å². The van der Waals surface area contributed by atoms with Crippen molar-refractivity contribution in [3.8, 4) is 5.75 Å². The number of aromatic nitrogens is 1. The second-order valence-electron chi connectivity index (χ2n) is 2.35. The van der Waals surface area contributed by atoms with Crippen LogP contribution in [0.15, 0.2) is 36.5 Å². The molecule has 1 N–H and O–H groups in total. The van der Waals surface area contributed by atoms with Crippen LogP contribution < -0.4 is 0 Å². The van der Waals surface area contributed by atoms with Gasteiger partial charge in [-0.15, -0.1) is 24.8 Å². The number of hydrogen-bond acceptors (Lipinski definition) is 2. The van der Waals surface area contributed by atoms with Crippen molar-refractivity contribution in [1.82, 2.24) is 4.98 Å². The summed E-state index contributed by atoms with van der Waals surface area (Å²) in [5, 5.41) is 10.1. The van der Waals surface area contributed by atoms with Crippen LogP contribution in [0, 0.1) is 0 Å². The van der Waals surface area contributed by atoms with E-state index in [1.807, 2.05) is 18.2 Å². The van der Waals surface area contributed by atoms with E-state index in [1.165, 1.54) is 0 Å². The first-order chi connectivity index (χ1) is 5.38. The molecule has 1 aromatic carbocycles. The van der Waals surface area contributed by atoms with Gasteiger partial charge in [0.15, 0.2) is 0 Å². The predicted octanol–water partition coefficient (Wildman–Crippen LogP) is 2.78. The highest BCUT2D eigenvalue weighted by Crippen LogP contribution is 2.21. The second-order valence-corrected chi connectivity index (χ2v) is 2.35. The minimum absolute atomic E-state index is 0. The molecule has 0 aliphatic rings. The minimum atomic E-state index is 0. The molecule has 0 radical (unpaired) electrons. The maximum absolute atomic E-state index is 9.33. The summed E-state index contributed by atoms with van der Waals surface area (Å²) in [4.78, 5) is 4.08. The second kappa shape index (κ2) is 4.90. The standard InChI is InChI=1S/C9H7NO.2ClH/c11-9-5-1-4-8-7(9)3-2-6-10-8;;/h1-6,11H;2*1H. The minimum Gasteiger partial charge on any atom is -0.507 e. The summed E-state index contributed by atoms with van der Waals surface area (Å²) in [6, 6.07) is 8.96. The monoisotopic (exact) mass is 217 g/mol. The van der Waals surface area contributed by atoms with Gasteiger partial charge in [0.2, 0.25) is 0 Å². The fourth-order valence-electron chi connectivity index (χ4n) is 1.09. The lowest BCUT2D eigenvalue weighted by Crippen LogP contribution is -1.75. The average molecular weight is 218 g/mol. The Morgan fingerprint density at radius 2 is 1.77 bits per heavy atom. The Hall–Kier alpha value is -0.990. The van der Waals surface area contributed by atoms with Gasteiger partial charge in [0.25, 0.3) is 0 Å². The van der Waals surface area contributed by atoms with Crippen molar-refractivity contribution >= 4 is 35.7 Å². The molecule has 2 aromatic rings. The molecule has 0 saturated heterocycles. The molecule has 0 aliphatic carbocycles. The highest BCUT2D eigenvalue weighted by atomic mass is 35.5. The zero-order valence-corrected chi connectivity index (χ0v) is 8.31. The maximum atomic E-state index is 9.33. The van der Waals surface area contributed by atoms with Crippen LogP contribution in [0.25, 0.3) is 10.9 Å². The molecule has 2 rings (SSSR count). The van der Waals surface area contributed by atoms with Crippen molar-refractivity contribution < 1.29 is 5.11 Å². The fourth-order valence-corrected chi connectivity index (χ4v) is 1.09. The molecule has 1 aromatic heterocycles. The van der Waals surface area contributed by atoms with Gasteiger partial charge in [0.05, 0.1) is 5.52 Å². The zero-order valence-electron chi connectivity index (χ0n) is 6.68. The maximum Gasteiger partial charge on any atom is 0.124 e. The van der Waals surface area contributed by atoms with E-state index in [-0.39, 0.29) is 30.6 Å². The molecular formula is C9H9Cl2NO. The molecule has 13 heavy (non-hydrogen) atoms. The van der Waals surface area contributed by atoms with Crippen molar-refractivity contribution in [2.24, 2.45) is 0 Å². The average Bonchev–Trinajstić information content (AvgIpc) is 2.06. The summed E-state index contributed by atoms with van der Waals surface area (Å²) in [5.41, 5.74) is 0.826. The Morgan fingerprint density at radius 1 is 1.00 bits per heavy atom. The molecule has 0 saturated carbocycles. The predicted molar refractivity (Wildman–Crippen MR) is 57.9 cm³/mol. The van der Waals surface area contributed by atoms with Gasteiger partial charge >= 0.3 is 0 Å². The molecule has 0 aliphatic heterocycles. The highest BCUT2D eigenvalue weighted by Gasteiger charge is 1.95. The molecule has 0 fully saturated rings. The molecule has 4 heteroatoms. The van der Waals surface area contributed by atoms with Crippen LogP contribution in [0.1, 0.15) is 0 Å². The lowest BCUT2D eigenvalue weighted by atomic mass is 10.2. The number of fused-ring (bicyclic) bond motifs is 1. The molecule has 1 heterocycles. The van der Waals surface area contributed by atoms with Crippen molar-refractivity contribution in [3.63, 3.8) is 0 Å². The van der Waals surface area contributed by atoms with Crippen LogP contribution in [0.5, 0.6) is 5.75 Å². The quantitative estimate of drug-likeness (QED) is 0.737. The Morgan fingerprint density at radius 3 is 2.46 bits per heavy atom. The van der Waals surface area contributed by atoms with E-state index in [1.54, 1.807) is 18.3 Å². The van der Waals surface area contributed by atoms with E-state index in [0.29, 0.717) is 0 Å². The van der Waals surface area contributed by atoms with Crippen LogP contribution in [0.3, 0.4) is 0 Å². The van der Waals surface area contributed by atoms with Gasteiger partial charge in [-0.2, -0.15) is 0 Å². The van der Waals surface area contributed by atoms with Crippen molar-refractivity contribution in [3.05, 3.63) is 36.5 Å². The molecule has 0 bridgehead atoms. The summed E-state index contributed by atoms with van der Waals surface area (Å²) in [7, 11) is 0. The summed E-state index contributed by atoms with van der Waals surface area (Å²) in [6.07, 6.45) is 1.71. The van der Waals surface area contributed by atoms with Crippen LogP contribution in [-0.4, -0.2) is 10.1 Å². The summed E-state index contributed by atoms with van der Waals surface area (Å²) < 4.78 is 0. The third-order valence-electron chi connectivity index (χ3n) is 1.62. The van der Waals surface area contributed by atoms with E-state index < -0.39 is 0 Å². The number of benzene rings is 1. The normalized spacial score (nSPS) is 8.62. The van der Waals surface area contributed by atoms with Gasteiger partial charge < -0.3 is 5.11 Å². The van der Waals surface area contributed by atoms with Gasteiger partial charge in [0, 0.05) is 11.6 Å². The van der Waals surface area contributed by atoms with Gasteiger partial charge in [-0.05, 0) is 24.3 Å². The van der Waals surface area contributed by atoms with Crippen LogP contribution in [0.2, 0.25) is 0 Å². The highest BCUT2D eigenvalue weighted by molar-refractivity contribution is 5.85. The number of nitrogens with zero attached hydrogens (tertiary/aromatic N) is 1. The Kier molecular flexibility index (Phi) is 4.52. The Bertz CT molecular complexity index is 387. The Labute approximate surface area is 88.4 Å². The largest absolute Gasteiger partial charge is 0.507 e. The molecule has 70 valence electrons. The van der Waals surface area contributed by atoms with E-state index in [0.717, 1.165) is 10.9 Å². The number of hydrogen-bond donors (Lipinski definition) is 1. The van der Waals surface area contributed by atoms with Crippen molar-refractivity contribution in [2.75, 3.05) is 0 Å². The summed E-state index contributed by atoms with van der Waals surface area (Å²) in [5.74, 6) is 0.288. The fraction of sp³-hybridized carbons (Fsp3) is 0. The smallest absolute Gasteiger partial charge is 0.124 e. The Balaban J connectivity index is 0.000000720. The topological polar surface area (TPSA) is 33.1 Å². The first-order valence-electron chi connectivity index (χ1n) is 3.40. The van der Waals surface area contributed by atoms with Gasteiger partial charge in [-0.3, -0.25) is 4.98 Å². The van der Waals surface area contributed by atoms with Crippen molar-refractivity contribution in [1.29, 1.82) is 0 Å². The van der Waals surface area contributed by atoms with E-state index in [4.69, 9.17) is 0 Å². The van der Waals surface area contributed by atoms with Crippen LogP contribution >= 0.6 is 24.8 Å². The van der Waals surface area contributed by atoms with Crippen molar-refractivity contribution in [2.45, 2.75) is 0 Å². The molecule has 0 amide bonds. The van der Waals surface area contributed by atoms with Crippen LogP contribution in [0.4, 0.5) is 0 Å². The third kappa shape index (κ3) is 2.23. The molecule has 0 unspecified atom stereocenters. The van der Waals surface area contributed by atoms with Crippen LogP contribution in [-0.2, 0) is 0 Å². The number of pyridine rings is 1. The lowest BCUT2D eigenvalue weighted by molar-refractivity contribution is 0.481. The molecular weight excluding hydrogens is 209 g/mol. The first kappa shape index (κ1) is 12.0.